The third kappa shape index (κ3) is 3.66. The largest absolute Gasteiger partial charge is 0.411 e. The van der Waals surface area contributed by atoms with E-state index in [1.54, 1.807) is 0 Å². The van der Waals surface area contributed by atoms with Crippen LogP contribution < -0.4 is 0 Å². The molecule has 6 nitrogen and oxygen atoms in total. The molecule has 2 heterocycles. The van der Waals surface area contributed by atoms with Gasteiger partial charge in [-0.2, -0.15) is 0 Å². The fourth-order valence-electron chi connectivity index (χ4n) is 2.18. The van der Waals surface area contributed by atoms with E-state index in [1.807, 2.05) is 11.5 Å². The Bertz CT molecular complexity index is 694. The maximum absolute atomic E-state index is 8.86. The van der Waals surface area contributed by atoms with Crippen LogP contribution in [0.3, 0.4) is 0 Å². The second-order valence-electron chi connectivity index (χ2n) is 6.38. The molecule has 0 aliphatic rings. The van der Waals surface area contributed by atoms with Crippen molar-refractivity contribution in [2.45, 2.75) is 39.3 Å². The van der Waals surface area contributed by atoms with Crippen LogP contribution in [0.25, 0.3) is 11.0 Å². The predicted octanol–water partition coefficient (Wildman–Crippen LogP) is 3.51. The number of aromatic nitrogens is 3. The standard InChI is InChI=1S/C14H21ClN4O2Si/c1-10-11(7-18-20)12-13(15)16-8-17-14(12)19(10)9-21-5-6-22(2,3)4/h7-8,20H,5-6,9H2,1-4H3/b18-7+. The van der Waals surface area contributed by atoms with Crippen LogP contribution in [0.4, 0.5) is 0 Å². The van der Waals surface area contributed by atoms with E-state index in [0.717, 1.165) is 18.3 Å². The molecule has 0 aliphatic heterocycles. The smallest absolute Gasteiger partial charge is 0.147 e. The number of fused-ring (bicyclic) bond motifs is 1. The van der Waals surface area contributed by atoms with Gasteiger partial charge in [0.05, 0.1) is 11.6 Å². The first kappa shape index (κ1) is 16.9. The van der Waals surface area contributed by atoms with Crippen molar-refractivity contribution in [1.82, 2.24) is 14.5 Å². The first-order chi connectivity index (χ1) is 10.3. The van der Waals surface area contributed by atoms with Gasteiger partial charge in [-0.25, -0.2) is 9.97 Å². The van der Waals surface area contributed by atoms with Gasteiger partial charge in [0.1, 0.15) is 23.9 Å². The number of hydrogen-bond acceptors (Lipinski definition) is 5. The zero-order valence-corrected chi connectivity index (χ0v) is 15.1. The van der Waals surface area contributed by atoms with Crippen molar-refractivity contribution in [1.29, 1.82) is 0 Å². The van der Waals surface area contributed by atoms with Crippen LogP contribution in [0.1, 0.15) is 11.3 Å². The molecule has 0 radical (unpaired) electrons. The van der Waals surface area contributed by atoms with Crippen LogP contribution in [0.15, 0.2) is 11.5 Å². The predicted molar refractivity (Wildman–Crippen MR) is 90.8 cm³/mol. The molecule has 0 amide bonds. The zero-order valence-electron chi connectivity index (χ0n) is 13.3. The van der Waals surface area contributed by atoms with Crippen molar-refractivity contribution in [2.24, 2.45) is 5.16 Å². The van der Waals surface area contributed by atoms with E-state index >= 15 is 0 Å². The van der Waals surface area contributed by atoms with Crippen molar-refractivity contribution >= 4 is 36.9 Å². The van der Waals surface area contributed by atoms with E-state index in [2.05, 4.69) is 34.8 Å². The van der Waals surface area contributed by atoms with E-state index in [-0.39, 0.29) is 0 Å². The molecule has 2 rings (SSSR count). The molecule has 1 N–H and O–H groups in total. The molecule has 0 bridgehead atoms. The highest BCUT2D eigenvalue weighted by molar-refractivity contribution is 6.76. The summed E-state index contributed by atoms with van der Waals surface area (Å²) in [5.41, 5.74) is 2.26. The fraction of sp³-hybridized carbons (Fsp3) is 0.500. The number of rotatable bonds is 6. The number of oxime groups is 1. The molecule has 0 unspecified atom stereocenters. The monoisotopic (exact) mass is 340 g/mol. The van der Waals surface area contributed by atoms with Gasteiger partial charge in [-0.15, -0.1) is 0 Å². The minimum atomic E-state index is -1.11. The second-order valence-corrected chi connectivity index (χ2v) is 12.4. The average Bonchev–Trinajstić information content (AvgIpc) is 2.69. The maximum atomic E-state index is 8.86. The fourth-order valence-corrected chi connectivity index (χ4v) is 3.17. The van der Waals surface area contributed by atoms with E-state index in [0.29, 0.717) is 28.5 Å². The summed E-state index contributed by atoms with van der Waals surface area (Å²) in [4.78, 5) is 8.28. The van der Waals surface area contributed by atoms with Crippen molar-refractivity contribution in [3.8, 4) is 0 Å². The van der Waals surface area contributed by atoms with Crippen LogP contribution in [-0.2, 0) is 11.5 Å². The van der Waals surface area contributed by atoms with Gasteiger partial charge in [0.25, 0.3) is 0 Å². The minimum absolute atomic E-state index is 0.337. The Hall–Kier alpha value is -1.44. The molecule has 2 aromatic heterocycles. The Labute approximate surface area is 135 Å². The molecule has 120 valence electrons. The Kier molecular flexibility index (Phi) is 5.20. The van der Waals surface area contributed by atoms with Crippen molar-refractivity contribution in [3.05, 3.63) is 22.7 Å². The minimum Gasteiger partial charge on any atom is -0.411 e. The summed E-state index contributed by atoms with van der Waals surface area (Å²) in [7, 11) is -1.11. The number of hydrogen-bond donors (Lipinski definition) is 1. The van der Waals surface area contributed by atoms with Crippen LogP contribution in [-0.4, -0.2) is 40.6 Å². The average molecular weight is 341 g/mol. The number of halogens is 1. The van der Waals surface area contributed by atoms with Gasteiger partial charge in [-0.3, -0.25) is 0 Å². The maximum Gasteiger partial charge on any atom is 0.147 e. The van der Waals surface area contributed by atoms with E-state index in [4.69, 9.17) is 21.5 Å². The summed E-state index contributed by atoms with van der Waals surface area (Å²) in [5, 5.41) is 13.0. The summed E-state index contributed by atoms with van der Waals surface area (Å²) in [6, 6.07) is 1.10. The molecule has 0 aromatic carbocycles. The molecule has 0 saturated heterocycles. The lowest BCUT2D eigenvalue weighted by Gasteiger charge is -2.16. The molecule has 0 aliphatic carbocycles. The second kappa shape index (κ2) is 6.76. The molecule has 0 atom stereocenters. The zero-order chi connectivity index (χ0) is 16.3. The SMILES string of the molecule is Cc1c(/C=N/O)c2c(Cl)ncnc2n1COCC[Si](C)(C)C. The first-order valence-corrected chi connectivity index (χ1v) is 11.2. The highest BCUT2D eigenvalue weighted by Crippen LogP contribution is 2.28. The van der Waals surface area contributed by atoms with Gasteiger partial charge in [-0.1, -0.05) is 36.4 Å². The van der Waals surface area contributed by atoms with Gasteiger partial charge in [-0.05, 0) is 13.0 Å². The highest BCUT2D eigenvalue weighted by atomic mass is 35.5. The van der Waals surface area contributed by atoms with Crippen LogP contribution in [0.2, 0.25) is 30.8 Å². The molecule has 8 heteroatoms. The molecule has 0 spiro atoms. The van der Waals surface area contributed by atoms with E-state index in [1.165, 1.54) is 12.5 Å². The summed E-state index contributed by atoms with van der Waals surface area (Å²) in [6.07, 6.45) is 2.77. The number of ether oxygens (including phenoxy) is 1. The first-order valence-electron chi connectivity index (χ1n) is 7.09. The summed E-state index contributed by atoms with van der Waals surface area (Å²) in [6.45, 7) is 9.97. The third-order valence-corrected chi connectivity index (χ3v) is 5.49. The van der Waals surface area contributed by atoms with Crippen molar-refractivity contribution in [2.75, 3.05) is 6.61 Å². The summed E-state index contributed by atoms with van der Waals surface area (Å²) in [5.74, 6) is 0. The molecule has 22 heavy (non-hydrogen) atoms. The quantitative estimate of drug-likeness (QED) is 0.218. The van der Waals surface area contributed by atoms with Gasteiger partial charge in [0.2, 0.25) is 0 Å². The Balaban J connectivity index is 2.30. The topological polar surface area (TPSA) is 72.5 Å². The lowest BCUT2D eigenvalue weighted by Crippen LogP contribution is -2.22. The molecule has 0 fully saturated rings. The Morgan fingerprint density at radius 1 is 1.41 bits per heavy atom. The number of nitrogens with zero attached hydrogens (tertiary/aromatic N) is 4. The Morgan fingerprint density at radius 2 is 2.14 bits per heavy atom. The van der Waals surface area contributed by atoms with Gasteiger partial charge < -0.3 is 14.5 Å². The van der Waals surface area contributed by atoms with Crippen LogP contribution >= 0.6 is 11.6 Å². The van der Waals surface area contributed by atoms with Gasteiger partial charge >= 0.3 is 0 Å². The lowest BCUT2D eigenvalue weighted by molar-refractivity contribution is 0.0886. The lowest BCUT2D eigenvalue weighted by atomic mass is 10.2. The van der Waals surface area contributed by atoms with E-state index in [9.17, 15) is 0 Å². The molecular formula is C14H21ClN4O2Si. The van der Waals surface area contributed by atoms with Gasteiger partial charge in [0, 0.05) is 25.9 Å². The Morgan fingerprint density at radius 3 is 2.77 bits per heavy atom. The summed E-state index contributed by atoms with van der Waals surface area (Å²) >= 11 is 6.16. The third-order valence-electron chi connectivity index (χ3n) is 3.50. The van der Waals surface area contributed by atoms with Crippen LogP contribution in [0, 0.1) is 6.92 Å². The molecule has 0 saturated carbocycles. The molecule has 2 aromatic rings. The van der Waals surface area contributed by atoms with Gasteiger partial charge in [0.15, 0.2) is 0 Å². The van der Waals surface area contributed by atoms with Crippen LogP contribution in [0.5, 0.6) is 0 Å². The normalized spacial score (nSPS) is 12.6. The highest BCUT2D eigenvalue weighted by Gasteiger charge is 2.18. The van der Waals surface area contributed by atoms with E-state index < -0.39 is 8.07 Å². The van der Waals surface area contributed by atoms with Crippen molar-refractivity contribution < 1.29 is 9.94 Å². The molecular weight excluding hydrogens is 320 g/mol. The van der Waals surface area contributed by atoms with Crippen molar-refractivity contribution in [3.63, 3.8) is 0 Å². The summed E-state index contributed by atoms with van der Waals surface area (Å²) < 4.78 is 7.72.